The van der Waals surface area contributed by atoms with Crippen LogP contribution >= 0.6 is 0 Å². The molecule has 0 atom stereocenters. The van der Waals surface area contributed by atoms with Crippen LogP contribution in [0.5, 0.6) is 0 Å². The maximum atomic E-state index is 12.0. The van der Waals surface area contributed by atoms with E-state index in [1.54, 1.807) is 32.9 Å². The van der Waals surface area contributed by atoms with Gasteiger partial charge in [0.1, 0.15) is 5.60 Å². The van der Waals surface area contributed by atoms with Crippen molar-refractivity contribution in [3.8, 4) is 0 Å². The van der Waals surface area contributed by atoms with E-state index in [2.05, 4.69) is 5.43 Å². The number of ether oxygens (including phenoxy) is 1. The molecular formula is C14H20N2O3. The highest BCUT2D eigenvalue weighted by Gasteiger charge is 2.19. The lowest BCUT2D eigenvalue weighted by Crippen LogP contribution is -2.45. The SMILES string of the molecule is Cc1ccc(C(=O)N(C)NC(=O)OC(C)(C)C)cc1. The quantitative estimate of drug-likeness (QED) is 0.793. The van der Waals surface area contributed by atoms with E-state index in [4.69, 9.17) is 4.74 Å². The van der Waals surface area contributed by atoms with Crippen molar-refractivity contribution in [1.82, 2.24) is 10.4 Å². The van der Waals surface area contributed by atoms with Crippen LogP contribution in [-0.2, 0) is 4.74 Å². The fraction of sp³-hybridized carbons (Fsp3) is 0.429. The fourth-order valence-electron chi connectivity index (χ4n) is 1.38. The Hall–Kier alpha value is -2.04. The minimum absolute atomic E-state index is 0.300. The molecule has 0 bridgehead atoms. The van der Waals surface area contributed by atoms with E-state index < -0.39 is 11.7 Å². The molecule has 1 aromatic carbocycles. The Morgan fingerprint density at radius 3 is 2.16 bits per heavy atom. The Labute approximate surface area is 113 Å². The van der Waals surface area contributed by atoms with E-state index in [0.717, 1.165) is 10.6 Å². The van der Waals surface area contributed by atoms with Crippen molar-refractivity contribution in [3.05, 3.63) is 35.4 Å². The first-order valence-electron chi connectivity index (χ1n) is 6.03. The van der Waals surface area contributed by atoms with Gasteiger partial charge in [-0.15, -0.1) is 0 Å². The molecule has 0 aromatic heterocycles. The van der Waals surface area contributed by atoms with E-state index in [0.29, 0.717) is 5.56 Å². The molecule has 2 amide bonds. The Balaban J connectivity index is 2.63. The van der Waals surface area contributed by atoms with Crippen molar-refractivity contribution in [2.75, 3.05) is 7.05 Å². The molecule has 0 spiro atoms. The van der Waals surface area contributed by atoms with Crippen molar-refractivity contribution in [1.29, 1.82) is 0 Å². The Bertz CT molecular complexity index is 461. The van der Waals surface area contributed by atoms with Gasteiger partial charge >= 0.3 is 6.09 Å². The summed E-state index contributed by atoms with van der Waals surface area (Å²) in [6, 6.07) is 7.11. The van der Waals surface area contributed by atoms with Gasteiger partial charge in [0.2, 0.25) is 0 Å². The van der Waals surface area contributed by atoms with Crippen LogP contribution < -0.4 is 5.43 Å². The molecule has 0 unspecified atom stereocenters. The lowest BCUT2D eigenvalue weighted by molar-refractivity contribution is 0.0334. The van der Waals surface area contributed by atoms with Gasteiger partial charge in [-0.05, 0) is 39.8 Å². The van der Waals surface area contributed by atoms with Gasteiger partial charge in [0.25, 0.3) is 5.91 Å². The largest absolute Gasteiger partial charge is 0.443 e. The maximum Gasteiger partial charge on any atom is 0.426 e. The van der Waals surface area contributed by atoms with Gasteiger partial charge in [0.15, 0.2) is 0 Å². The second kappa shape index (κ2) is 5.73. The van der Waals surface area contributed by atoms with Crippen LogP contribution in [0.15, 0.2) is 24.3 Å². The average molecular weight is 264 g/mol. The Morgan fingerprint density at radius 1 is 1.16 bits per heavy atom. The average Bonchev–Trinajstić information content (AvgIpc) is 2.26. The summed E-state index contributed by atoms with van der Waals surface area (Å²) < 4.78 is 5.07. The summed E-state index contributed by atoms with van der Waals surface area (Å²) in [4.78, 5) is 23.5. The third-order valence-corrected chi connectivity index (χ3v) is 2.26. The first-order chi connectivity index (χ1) is 8.69. The molecule has 1 aromatic rings. The molecule has 5 heteroatoms. The molecule has 0 saturated heterocycles. The number of hydrogen-bond acceptors (Lipinski definition) is 3. The van der Waals surface area contributed by atoms with Gasteiger partial charge in [0, 0.05) is 12.6 Å². The van der Waals surface area contributed by atoms with Gasteiger partial charge in [0.05, 0.1) is 0 Å². The van der Waals surface area contributed by atoms with Gasteiger partial charge in [-0.25, -0.2) is 10.2 Å². The van der Waals surface area contributed by atoms with Crippen LogP contribution in [0.2, 0.25) is 0 Å². The number of amides is 2. The highest BCUT2D eigenvalue weighted by molar-refractivity contribution is 5.94. The number of carbonyl (C=O) groups is 2. The molecule has 1 rings (SSSR count). The number of nitrogens with zero attached hydrogens (tertiary/aromatic N) is 1. The number of benzene rings is 1. The summed E-state index contributed by atoms with van der Waals surface area (Å²) in [5.41, 5.74) is 3.35. The maximum absolute atomic E-state index is 12.0. The van der Waals surface area contributed by atoms with Crippen LogP contribution in [0.4, 0.5) is 4.79 Å². The second-order valence-corrected chi connectivity index (χ2v) is 5.34. The van der Waals surface area contributed by atoms with Crippen molar-refractivity contribution in [2.24, 2.45) is 0 Å². The monoisotopic (exact) mass is 264 g/mol. The number of aryl methyl sites for hydroxylation is 1. The van der Waals surface area contributed by atoms with Crippen molar-refractivity contribution in [3.63, 3.8) is 0 Å². The Kier molecular flexibility index (Phi) is 4.53. The topological polar surface area (TPSA) is 58.6 Å². The Morgan fingerprint density at radius 2 is 1.68 bits per heavy atom. The summed E-state index contributed by atoms with van der Waals surface area (Å²) >= 11 is 0. The zero-order chi connectivity index (χ0) is 14.6. The summed E-state index contributed by atoms with van der Waals surface area (Å²) in [7, 11) is 1.48. The normalized spacial score (nSPS) is 10.8. The summed E-state index contributed by atoms with van der Waals surface area (Å²) in [5.74, 6) is -0.300. The predicted molar refractivity (Wildman–Crippen MR) is 72.6 cm³/mol. The third-order valence-electron chi connectivity index (χ3n) is 2.26. The van der Waals surface area contributed by atoms with Gasteiger partial charge in [-0.3, -0.25) is 9.80 Å². The van der Waals surface area contributed by atoms with E-state index in [1.807, 2.05) is 19.1 Å². The molecule has 0 aliphatic carbocycles. The minimum atomic E-state index is -0.657. The van der Waals surface area contributed by atoms with Crippen LogP contribution in [0.1, 0.15) is 36.7 Å². The van der Waals surface area contributed by atoms with Crippen molar-refractivity contribution in [2.45, 2.75) is 33.3 Å². The van der Waals surface area contributed by atoms with E-state index in [-0.39, 0.29) is 5.91 Å². The summed E-state index contributed by atoms with van der Waals surface area (Å²) in [6.45, 7) is 7.22. The lowest BCUT2D eigenvalue weighted by Gasteiger charge is -2.23. The predicted octanol–water partition coefficient (Wildman–Crippen LogP) is 2.51. The molecule has 0 heterocycles. The van der Waals surface area contributed by atoms with E-state index in [1.165, 1.54) is 7.05 Å². The van der Waals surface area contributed by atoms with Gasteiger partial charge < -0.3 is 4.74 Å². The third kappa shape index (κ3) is 4.99. The molecule has 104 valence electrons. The number of rotatable bonds is 1. The smallest absolute Gasteiger partial charge is 0.426 e. The molecule has 0 radical (unpaired) electrons. The van der Waals surface area contributed by atoms with Crippen molar-refractivity contribution < 1.29 is 14.3 Å². The van der Waals surface area contributed by atoms with E-state index in [9.17, 15) is 9.59 Å². The zero-order valence-electron chi connectivity index (χ0n) is 12.0. The molecule has 1 N–H and O–H groups in total. The molecule has 0 fully saturated rings. The summed E-state index contributed by atoms with van der Waals surface area (Å²) in [5, 5.41) is 1.11. The van der Waals surface area contributed by atoms with Crippen LogP contribution in [0, 0.1) is 6.92 Å². The fourth-order valence-corrected chi connectivity index (χ4v) is 1.38. The summed E-state index contributed by atoms with van der Waals surface area (Å²) in [6.07, 6.45) is -0.657. The molecular weight excluding hydrogens is 244 g/mol. The van der Waals surface area contributed by atoms with Crippen molar-refractivity contribution >= 4 is 12.0 Å². The highest BCUT2D eigenvalue weighted by Crippen LogP contribution is 2.08. The second-order valence-electron chi connectivity index (χ2n) is 5.34. The molecule has 0 aliphatic heterocycles. The lowest BCUT2D eigenvalue weighted by atomic mass is 10.1. The molecule has 0 aliphatic rings. The van der Waals surface area contributed by atoms with Crippen LogP contribution in [0.3, 0.4) is 0 Å². The minimum Gasteiger partial charge on any atom is -0.443 e. The van der Waals surface area contributed by atoms with Crippen LogP contribution in [-0.4, -0.2) is 29.7 Å². The first kappa shape index (κ1) is 15.0. The molecule has 19 heavy (non-hydrogen) atoms. The van der Waals surface area contributed by atoms with Crippen LogP contribution in [0.25, 0.3) is 0 Å². The highest BCUT2D eigenvalue weighted by atomic mass is 16.6. The van der Waals surface area contributed by atoms with E-state index >= 15 is 0 Å². The number of carbonyl (C=O) groups excluding carboxylic acids is 2. The number of nitrogens with one attached hydrogen (secondary N) is 1. The first-order valence-corrected chi connectivity index (χ1v) is 6.03. The number of hydrogen-bond donors (Lipinski definition) is 1. The number of hydrazine groups is 1. The molecule has 0 saturated carbocycles. The van der Waals surface area contributed by atoms with Gasteiger partial charge in [-0.2, -0.15) is 0 Å². The van der Waals surface area contributed by atoms with Gasteiger partial charge in [-0.1, -0.05) is 17.7 Å². The standard InChI is InChI=1S/C14H20N2O3/c1-10-6-8-11(9-7-10)12(17)16(5)15-13(18)19-14(2,3)4/h6-9H,1-5H3,(H,15,18). The molecule has 5 nitrogen and oxygen atoms in total. The zero-order valence-corrected chi connectivity index (χ0v) is 12.0.